The van der Waals surface area contributed by atoms with Gasteiger partial charge in [-0.25, -0.2) is 5.43 Å². The molecule has 0 spiro atoms. The smallest absolute Gasteiger partial charge is 0.271 e. The molecule has 3 aromatic carbocycles. The van der Waals surface area contributed by atoms with E-state index < -0.39 is 0 Å². The van der Waals surface area contributed by atoms with E-state index in [0.29, 0.717) is 22.6 Å². The van der Waals surface area contributed by atoms with Crippen molar-refractivity contribution in [1.82, 2.24) is 10.3 Å². The molecule has 1 N–H and O–H groups in total. The molecule has 0 radical (unpaired) electrons. The van der Waals surface area contributed by atoms with Gasteiger partial charge in [0.1, 0.15) is 11.5 Å². The number of hydrogen-bond acceptors (Lipinski definition) is 5. The standard InChI is InChI=1S/C26H27N3O3/c1-31-24-11-12-25(32-2)23(15-24)16-27-28-26(30)21-9-7-19(8-10-21)17-29-14-13-20-5-3-4-6-22(20)18-29/h3-12,15-16H,13-14,17-18H2,1-2H3,(H,28,30)/b27-16-. The van der Waals surface area contributed by atoms with Gasteiger partial charge in [0.25, 0.3) is 5.91 Å². The Balaban J connectivity index is 1.34. The fraction of sp³-hybridized carbons (Fsp3) is 0.231. The number of carbonyl (C=O) groups excluding carboxylic acids is 1. The summed E-state index contributed by atoms with van der Waals surface area (Å²) in [5.74, 6) is 1.07. The number of hydrogen-bond donors (Lipinski definition) is 1. The van der Waals surface area contributed by atoms with E-state index in [4.69, 9.17) is 9.47 Å². The first-order valence-corrected chi connectivity index (χ1v) is 10.6. The van der Waals surface area contributed by atoms with E-state index >= 15 is 0 Å². The molecular formula is C26H27N3O3. The van der Waals surface area contributed by atoms with Crippen LogP contribution in [0.1, 0.15) is 32.6 Å². The van der Waals surface area contributed by atoms with Crippen molar-refractivity contribution in [3.8, 4) is 11.5 Å². The summed E-state index contributed by atoms with van der Waals surface area (Å²) in [7, 11) is 3.18. The number of benzene rings is 3. The molecule has 1 aliphatic heterocycles. The molecule has 0 aliphatic carbocycles. The third-order valence-corrected chi connectivity index (χ3v) is 5.64. The maximum atomic E-state index is 12.5. The minimum Gasteiger partial charge on any atom is -0.497 e. The molecule has 3 aromatic rings. The van der Waals surface area contributed by atoms with E-state index in [2.05, 4.69) is 39.7 Å². The van der Waals surface area contributed by atoms with Crippen LogP contribution >= 0.6 is 0 Å². The van der Waals surface area contributed by atoms with Crippen molar-refractivity contribution in [3.63, 3.8) is 0 Å². The fourth-order valence-electron chi connectivity index (χ4n) is 3.87. The van der Waals surface area contributed by atoms with Crippen LogP contribution in [0.2, 0.25) is 0 Å². The highest BCUT2D eigenvalue weighted by atomic mass is 16.5. The molecule has 6 nitrogen and oxygen atoms in total. The molecule has 32 heavy (non-hydrogen) atoms. The molecule has 0 bridgehead atoms. The van der Waals surface area contributed by atoms with E-state index in [9.17, 15) is 4.79 Å². The number of nitrogens with zero attached hydrogens (tertiary/aromatic N) is 2. The van der Waals surface area contributed by atoms with Crippen molar-refractivity contribution >= 4 is 12.1 Å². The predicted molar refractivity (Wildman–Crippen MR) is 125 cm³/mol. The molecule has 1 heterocycles. The summed E-state index contributed by atoms with van der Waals surface area (Å²) in [6.45, 7) is 2.87. The molecule has 4 rings (SSSR count). The highest BCUT2D eigenvalue weighted by Crippen LogP contribution is 2.22. The molecule has 164 valence electrons. The van der Waals surface area contributed by atoms with Gasteiger partial charge in [-0.15, -0.1) is 0 Å². The first-order chi connectivity index (χ1) is 15.7. The van der Waals surface area contributed by atoms with E-state index in [1.54, 1.807) is 38.6 Å². The van der Waals surface area contributed by atoms with Crippen molar-refractivity contribution in [3.05, 3.63) is 94.5 Å². The average Bonchev–Trinajstić information content (AvgIpc) is 2.84. The molecule has 1 aliphatic rings. The molecule has 0 unspecified atom stereocenters. The maximum Gasteiger partial charge on any atom is 0.271 e. The summed E-state index contributed by atoms with van der Waals surface area (Å²) in [5.41, 5.74) is 7.88. The second-order valence-electron chi connectivity index (χ2n) is 7.73. The Morgan fingerprint density at radius 3 is 2.56 bits per heavy atom. The third-order valence-electron chi connectivity index (χ3n) is 5.64. The van der Waals surface area contributed by atoms with Crippen LogP contribution in [0.3, 0.4) is 0 Å². The number of hydrazone groups is 1. The van der Waals surface area contributed by atoms with Crippen LogP contribution in [0.5, 0.6) is 11.5 Å². The Morgan fingerprint density at radius 2 is 1.81 bits per heavy atom. The SMILES string of the molecule is COc1ccc(OC)c(/C=N\NC(=O)c2ccc(CN3CCc4ccccc4C3)cc2)c1. The Morgan fingerprint density at radius 1 is 1.03 bits per heavy atom. The van der Waals surface area contributed by atoms with Crippen LogP contribution in [-0.4, -0.2) is 37.8 Å². The van der Waals surface area contributed by atoms with Gasteiger partial charge in [-0.1, -0.05) is 36.4 Å². The Bertz CT molecular complexity index is 1110. The lowest BCUT2D eigenvalue weighted by atomic mass is 9.99. The number of fused-ring (bicyclic) bond motifs is 1. The fourth-order valence-corrected chi connectivity index (χ4v) is 3.87. The minimum atomic E-state index is -0.262. The molecule has 1 amide bonds. The van der Waals surface area contributed by atoms with Crippen molar-refractivity contribution in [2.75, 3.05) is 20.8 Å². The van der Waals surface area contributed by atoms with Crippen molar-refractivity contribution < 1.29 is 14.3 Å². The van der Waals surface area contributed by atoms with Crippen molar-refractivity contribution in [2.45, 2.75) is 19.5 Å². The van der Waals surface area contributed by atoms with Gasteiger partial charge < -0.3 is 9.47 Å². The highest BCUT2D eigenvalue weighted by Gasteiger charge is 2.16. The highest BCUT2D eigenvalue weighted by molar-refractivity contribution is 5.95. The Kier molecular flexibility index (Phi) is 6.82. The third kappa shape index (κ3) is 5.15. The summed E-state index contributed by atoms with van der Waals surface area (Å²) in [6.07, 6.45) is 2.62. The number of ether oxygens (including phenoxy) is 2. The van der Waals surface area contributed by atoms with Crippen LogP contribution in [0.4, 0.5) is 0 Å². The zero-order valence-electron chi connectivity index (χ0n) is 18.4. The molecule has 0 fully saturated rings. The molecule has 0 atom stereocenters. The van der Waals surface area contributed by atoms with Gasteiger partial charge in [0.2, 0.25) is 0 Å². The second kappa shape index (κ2) is 10.1. The van der Waals surface area contributed by atoms with E-state index in [1.165, 1.54) is 16.7 Å². The summed E-state index contributed by atoms with van der Waals surface area (Å²) >= 11 is 0. The number of carbonyl (C=O) groups is 1. The minimum absolute atomic E-state index is 0.262. The zero-order chi connectivity index (χ0) is 22.3. The summed E-state index contributed by atoms with van der Waals surface area (Å²) < 4.78 is 10.5. The Hall–Kier alpha value is -3.64. The number of amides is 1. The lowest BCUT2D eigenvalue weighted by Crippen LogP contribution is -2.30. The van der Waals surface area contributed by atoms with Gasteiger partial charge >= 0.3 is 0 Å². The first kappa shape index (κ1) is 21.6. The van der Waals surface area contributed by atoms with Crippen LogP contribution in [0.25, 0.3) is 0 Å². The molecule has 0 saturated carbocycles. The maximum absolute atomic E-state index is 12.5. The molecule has 6 heteroatoms. The average molecular weight is 430 g/mol. The van der Waals surface area contributed by atoms with Crippen LogP contribution < -0.4 is 14.9 Å². The van der Waals surface area contributed by atoms with Gasteiger partial charge in [-0.3, -0.25) is 9.69 Å². The van der Waals surface area contributed by atoms with E-state index in [0.717, 1.165) is 26.1 Å². The zero-order valence-corrected chi connectivity index (χ0v) is 18.4. The summed E-state index contributed by atoms with van der Waals surface area (Å²) in [4.78, 5) is 14.9. The predicted octanol–water partition coefficient (Wildman–Crippen LogP) is 4.03. The van der Waals surface area contributed by atoms with Crippen molar-refractivity contribution in [2.24, 2.45) is 5.10 Å². The monoisotopic (exact) mass is 429 g/mol. The van der Waals surface area contributed by atoms with Crippen molar-refractivity contribution in [1.29, 1.82) is 0 Å². The summed E-state index contributed by atoms with van der Waals surface area (Å²) in [6, 6.07) is 21.7. The summed E-state index contributed by atoms with van der Waals surface area (Å²) in [5, 5.41) is 4.07. The largest absolute Gasteiger partial charge is 0.497 e. The van der Waals surface area contributed by atoms with Crippen LogP contribution in [0, 0.1) is 0 Å². The molecule has 0 saturated heterocycles. The van der Waals surface area contributed by atoms with Crippen LogP contribution in [0.15, 0.2) is 71.8 Å². The molecular weight excluding hydrogens is 402 g/mol. The lowest BCUT2D eigenvalue weighted by molar-refractivity contribution is 0.0955. The normalized spacial score (nSPS) is 13.6. The second-order valence-corrected chi connectivity index (χ2v) is 7.73. The van der Waals surface area contributed by atoms with Gasteiger partial charge in [0.05, 0.1) is 20.4 Å². The number of rotatable bonds is 7. The van der Waals surface area contributed by atoms with Gasteiger partial charge in [0, 0.05) is 30.8 Å². The lowest BCUT2D eigenvalue weighted by Gasteiger charge is -2.28. The quantitative estimate of drug-likeness (QED) is 0.455. The Labute approximate surface area is 188 Å². The van der Waals surface area contributed by atoms with E-state index in [1.807, 2.05) is 24.3 Å². The van der Waals surface area contributed by atoms with Gasteiger partial charge in [-0.05, 0) is 53.4 Å². The topological polar surface area (TPSA) is 63.2 Å². The number of nitrogens with one attached hydrogen (secondary N) is 1. The van der Waals surface area contributed by atoms with Gasteiger partial charge in [0.15, 0.2) is 0 Å². The molecule has 0 aromatic heterocycles. The first-order valence-electron chi connectivity index (χ1n) is 10.6. The van der Waals surface area contributed by atoms with Gasteiger partial charge in [-0.2, -0.15) is 5.10 Å². The van der Waals surface area contributed by atoms with E-state index in [-0.39, 0.29) is 5.91 Å². The van der Waals surface area contributed by atoms with Crippen LogP contribution in [-0.2, 0) is 19.5 Å². The number of methoxy groups -OCH3 is 2.